The Hall–Kier alpha value is -1.43. The lowest BCUT2D eigenvalue weighted by Gasteiger charge is -2.13. The third-order valence-electron chi connectivity index (χ3n) is 3.50. The van der Waals surface area contributed by atoms with E-state index in [-0.39, 0.29) is 0 Å². The molecule has 0 spiro atoms. The summed E-state index contributed by atoms with van der Waals surface area (Å²) in [4.78, 5) is 0. The van der Waals surface area contributed by atoms with Gasteiger partial charge in [0.15, 0.2) is 11.5 Å². The second kappa shape index (κ2) is 7.02. The molecule has 21 heavy (non-hydrogen) atoms. The van der Waals surface area contributed by atoms with Crippen molar-refractivity contribution in [1.82, 2.24) is 0 Å². The van der Waals surface area contributed by atoms with Crippen LogP contribution in [0.1, 0.15) is 16.7 Å². The molecule has 0 bridgehead atoms. The van der Waals surface area contributed by atoms with E-state index >= 15 is 0 Å². The molecule has 0 amide bonds. The van der Waals surface area contributed by atoms with Crippen molar-refractivity contribution in [3.8, 4) is 11.5 Å². The molecule has 0 saturated heterocycles. The standard InChI is InChI=1S/C17H20INO2/c1-11-5-6-14(7-12(11)2)19-10-13-8-15(18)17(21-4)16(9-13)20-3/h5-9,19H,10H2,1-4H3. The molecule has 0 heterocycles. The number of rotatable bonds is 5. The summed E-state index contributed by atoms with van der Waals surface area (Å²) in [6, 6.07) is 10.5. The molecule has 0 aromatic heterocycles. The fourth-order valence-electron chi connectivity index (χ4n) is 2.13. The predicted octanol–water partition coefficient (Wildman–Crippen LogP) is 4.54. The summed E-state index contributed by atoms with van der Waals surface area (Å²) < 4.78 is 11.8. The molecule has 2 aromatic rings. The average Bonchev–Trinajstić information content (AvgIpc) is 2.47. The molecule has 0 aliphatic rings. The molecule has 3 nitrogen and oxygen atoms in total. The summed E-state index contributed by atoms with van der Waals surface area (Å²) >= 11 is 2.27. The highest BCUT2D eigenvalue weighted by Gasteiger charge is 2.10. The Morgan fingerprint density at radius 2 is 1.76 bits per heavy atom. The van der Waals surface area contributed by atoms with Crippen LogP contribution in [0, 0.1) is 17.4 Å². The summed E-state index contributed by atoms with van der Waals surface area (Å²) in [5, 5.41) is 3.45. The zero-order chi connectivity index (χ0) is 15.4. The third kappa shape index (κ3) is 3.81. The van der Waals surface area contributed by atoms with Gasteiger partial charge < -0.3 is 14.8 Å². The minimum atomic E-state index is 0.749. The van der Waals surface area contributed by atoms with Gasteiger partial charge in [-0.1, -0.05) is 6.07 Å². The molecule has 0 radical (unpaired) electrons. The van der Waals surface area contributed by atoms with Crippen molar-refractivity contribution in [3.63, 3.8) is 0 Å². The largest absolute Gasteiger partial charge is 0.493 e. The maximum absolute atomic E-state index is 5.39. The van der Waals surface area contributed by atoms with Crippen molar-refractivity contribution in [1.29, 1.82) is 0 Å². The number of hydrogen-bond donors (Lipinski definition) is 1. The van der Waals surface area contributed by atoms with E-state index in [1.807, 2.05) is 6.07 Å². The van der Waals surface area contributed by atoms with Crippen molar-refractivity contribution >= 4 is 28.3 Å². The van der Waals surface area contributed by atoms with Crippen LogP contribution in [0.15, 0.2) is 30.3 Å². The Morgan fingerprint density at radius 1 is 1.00 bits per heavy atom. The minimum Gasteiger partial charge on any atom is -0.493 e. The number of benzene rings is 2. The van der Waals surface area contributed by atoms with E-state index in [0.717, 1.165) is 32.9 Å². The molecule has 2 rings (SSSR count). The van der Waals surface area contributed by atoms with E-state index in [9.17, 15) is 0 Å². The Kier molecular flexibility index (Phi) is 5.33. The van der Waals surface area contributed by atoms with E-state index < -0.39 is 0 Å². The van der Waals surface area contributed by atoms with Crippen LogP contribution >= 0.6 is 22.6 Å². The van der Waals surface area contributed by atoms with Crippen LogP contribution in [0.5, 0.6) is 11.5 Å². The van der Waals surface area contributed by atoms with Gasteiger partial charge in [0.05, 0.1) is 17.8 Å². The van der Waals surface area contributed by atoms with Gasteiger partial charge in [0.1, 0.15) is 0 Å². The van der Waals surface area contributed by atoms with E-state index in [4.69, 9.17) is 9.47 Å². The first-order chi connectivity index (χ1) is 10.0. The van der Waals surface area contributed by atoms with Gasteiger partial charge in [-0.3, -0.25) is 0 Å². The second-order valence-electron chi connectivity index (χ2n) is 4.97. The van der Waals surface area contributed by atoms with Crippen LogP contribution in [0.4, 0.5) is 5.69 Å². The lowest BCUT2D eigenvalue weighted by Crippen LogP contribution is -2.02. The number of halogens is 1. The predicted molar refractivity (Wildman–Crippen MR) is 95.5 cm³/mol. The zero-order valence-electron chi connectivity index (χ0n) is 12.8. The first kappa shape index (κ1) is 15.9. The molecular weight excluding hydrogens is 377 g/mol. The average molecular weight is 397 g/mol. The van der Waals surface area contributed by atoms with Crippen LogP contribution in [-0.4, -0.2) is 14.2 Å². The molecule has 0 saturated carbocycles. The maximum Gasteiger partial charge on any atom is 0.174 e. The lowest BCUT2D eigenvalue weighted by atomic mass is 10.1. The van der Waals surface area contributed by atoms with Crippen molar-refractivity contribution in [2.45, 2.75) is 20.4 Å². The van der Waals surface area contributed by atoms with Crippen molar-refractivity contribution in [2.24, 2.45) is 0 Å². The highest BCUT2D eigenvalue weighted by Crippen LogP contribution is 2.33. The summed E-state index contributed by atoms with van der Waals surface area (Å²) in [5.41, 5.74) is 4.89. The molecular formula is C17H20INO2. The van der Waals surface area contributed by atoms with Gasteiger partial charge in [0, 0.05) is 12.2 Å². The molecule has 4 heteroatoms. The van der Waals surface area contributed by atoms with Crippen LogP contribution < -0.4 is 14.8 Å². The summed E-state index contributed by atoms with van der Waals surface area (Å²) in [6.07, 6.45) is 0. The first-order valence-electron chi connectivity index (χ1n) is 6.76. The fourth-order valence-corrected chi connectivity index (χ4v) is 3.01. The van der Waals surface area contributed by atoms with Gasteiger partial charge in [-0.05, 0) is 77.4 Å². The fraction of sp³-hybridized carbons (Fsp3) is 0.294. The summed E-state index contributed by atoms with van der Waals surface area (Å²) in [7, 11) is 3.32. The highest BCUT2D eigenvalue weighted by molar-refractivity contribution is 14.1. The number of ether oxygens (including phenoxy) is 2. The highest BCUT2D eigenvalue weighted by atomic mass is 127. The number of hydrogen-bond acceptors (Lipinski definition) is 3. The van der Waals surface area contributed by atoms with Crippen molar-refractivity contribution in [3.05, 3.63) is 50.6 Å². The monoisotopic (exact) mass is 397 g/mol. The van der Waals surface area contributed by atoms with Gasteiger partial charge in [-0.15, -0.1) is 0 Å². The summed E-state index contributed by atoms with van der Waals surface area (Å²) in [5.74, 6) is 1.55. The SMILES string of the molecule is COc1cc(CNc2ccc(C)c(C)c2)cc(I)c1OC. The van der Waals surface area contributed by atoms with Gasteiger partial charge >= 0.3 is 0 Å². The molecule has 112 valence electrons. The Bertz CT molecular complexity index is 641. The number of anilines is 1. The Balaban J connectivity index is 2.16. The van der Waals surface area contributed by atoms with Gasteiger partial charge in [-0.2, -0.15) is 0 Å². The topological polar surface area (TPSA) is 30.5 Å². The molecule has 0 aliphatic carbocycles. The smallest absolute Gasteiger partial charge is 0.174 e. The Morgan fingerprint density at radius 3 is 2.38 bits per heavy atom. The summed E-state index contributed by atoms with van der Waals surface area (Å²) in [6.45, 7) is 4.99. The second-order valence-corrected chi connectivity index (χ2v) is 6.13. The number of nitrogens with one attached hydrogen (secondary N) is 1. The van der Waals surface area contributed by atoms with Crippen LogP contribution in [0.2, 0.25) is 0 Å². The maximum atomic E-state index is 5.39. The van der Waals surface area contributed by atoms with E-state index in [1.54, 1.807) is 14.2 Å². The zero-order valence-corrected chi connectivity index (χ0v) is 14.9. The molecule has 0 atom stereocenters. The minimum absolute atomic E-state index is 0.749. The normalized spacial score (nSPS) is 10.3. The molecule has 2 aromatic carbocycles. The van der Waals surface area contributed by atoms with Crippen molar-refractivity contribution in [2.75, 3.05) is 19.5 Å². The molecule has 0 aliphatic heterocycles. The van der Waals surface area contributed by atoms with Gasteiger partial charge in [0.2, 0.25) is 0 Å². The van der Waals surface area contributed by atoms with Crippen LogP contribution in [0.25, 0.3) is 0 Å². The first-order valence-corrected chi connectivity index (χ1v) is 7.84. The lowest BCUT2D eigenvalue weighted by molar-refractivity contribution is 0.352. The molecule has 0 fully saturated rings. The number of methoxy groups -OCH3 is 2. The van der Waals surface area contributed by atoms with Gasteiger partial charge in [0.25, 0.3) is 0 Å². The van der Waals surface area contributed by atoms with E-state index in [1.165, 1.54) is 11.1 Å². The molecule has 0 unspecified atom stereocenters. The quantitative estimate of drug-likeness (QED) is 0.752. The number of aryl methyl sites for hydroxylation is 2. The van der Waals surface area contributed by atoms with E-state index in [0.29, 0.717) is 0 Å². The third-order valence-corrected chi connectivity index (χ3v) is 4.30. The van der Waals surface area contributed by atoms with Crippen molar-refractivity contribution < 1.29 is 9.47 Å². The van der Waals surface area contributed by atoms with E-state index in [2.05, 4.69) is 66.0 Å². The van der Waals surface area contributed by atoms with Crippen LogP contribution in [-0.2, 0) is 6.54 Å². The van der Waals surface area contributed by atoms with Crippen LogP contribution in [0.3, 0.4) is 0 Å². The molecule has 1 N–H and O–H groups in total. The Labute approximate surface area is 139 Å². The van der Waals surface area contributed by atoms with Gasteiger partial charge in [-0.25, -0.2) is 0 Å².